The standard InChI is InChI=1S/C10H17N5S/c1-7-9(14-11)12-6-13-10(7)15(2)8-3-4-16-5-8/h6,8H,3-5,11H2,1-2H3,(H,12,13,14). The molecule has 1 aliphatic rings. The van der Waals surface area contributed by atoms with Gasteiger partial charge in [0.2, 0.25) is 0 Å². The van der Waals surface area contributed by atoms with Gasteiger partial charge in [-0.1, -0.05) is 0 Å². The van der Waals surface area contributed by atoms with Crippen LogP contribution in [0.3, 0.4) is 0 Å². The van der Waals surface area contributed by atoms with Gasteiger partial charge in [0.25, 0.3) is 0 Å². The fourth-order valence-corrected chi connectivity index (χ4v) is 3.21. The maximum absolute atomic E-state index is 5.41. The van der Waals surface area contributed by atoms with Crippen molar-refractivity contribution in [3.05, 3.63) is 11.9 Å². The number of thioether (sulfide) groups is 1. The van der Waals surface area contributed by atoms with Crippen LogP contribution in [-0.4, -0.2) is 34.6 Å². The Balaban J connectivity index is 2.25. The largest absolute Gasteiger partial charge is 0.355 e. The minimum atomic E-state index is 0.573. The minimum Gasteiger partial charge on any atom is -0.355 e. The van der Waals surface area contributed by atoms with Gasteiger partial charge in [-0.2, -0.15) is 11.8 Å². The van der Waals surface area contributed by atoms with E-state index in [9.17, 15) is 0 Å². The summed E-state index contributed by atoms with van der Waals surface area (Å²) in [5, 5.41) is 0. The molecule has 2 heterocycles. The van der Waals surface area contributed by atoms with E-state index < -0.39 is 0 Å². The topological polar surface area (TPSA) is 67.1 Å². The number of nitrogens with one attached hydrogen (secondary N) is 1. The summed E-state index contributed by atoms with van der Waals surface area (Å²) >= 11 is 2.00. The fraction of sp³-hybridized carbons (Fsp3) is 0.600. The smallest absolute Gasteiger partial charge is 0.148 e. The molecule has 0 aromatic carbocycles. The molecular formula is C10H17N5S. The van der Waals surface area contributed by atoms with Crippen LogP contribution in [0.15, 0.2) is 6.33 Å². The first-order valence-corrected chi connectivity index (χ1v) is 6.48. The van der Waals surface area contributed by atoms with Gasteiger partial charge in [-0.05, 0) is 19.1 Å². The van der Waals surface area contributed by atoms with Crippen molar-refractivity contribution >= 4 is 23.4 Å². The van der Waals surface area contributed by atoms with E-state index in [-0.39, 0.29) is 0 Å². The molecule has 1 aliphatic heterocycles. The molecule has 5 nitrogen and oxygen atoms in total. The molecule has 1 aromatic rings. The minimum absolute atomic E-state index is 0.573. The van der Waals surface area contributed by atoms with Gasteiger partial charge in [0.1, 0.15) is 18.0 Å². The Hall–Kier alpha value is -1.01. The van der Waals surface area contributed by atoms with Crippen molar-refractivity contribution in [2.24, 2.45) is 5.84 Å². The molecule has 6 heteroatoms. The van der Waals surface area contributed by atoms with E-state index in [1.807, 2.05) is 18.7 Å². The summed E-state index contributed by atoms with van der Waals surface area (Å²) in [7, 11) is 2.09. The van der Waals surface area contributed by atoms with Crippen LogP contribution in [0.1, 0.15) is 12.0 Å². The maximum atomic E-state index is 5.41. The number of hydrazine groups is 1. The molecule has 0 aliphatic carbocycles. The van der Waals surface area contributed by atoms with Crippen LogP contribution in [0.25, 0.3) is 0 Å². The van der Waals surface area contributed by atoms with Gasteiger partial charge < -0.3 is 10.3 Å². The lowest BCUT2D eigenvalue weighted by atomic mass is 10.2. The van der Waals surface area contributed by atoms with Crippen LogP contribution in [0.5, 0.6) is 0 Å². The molecule has 0 amide bonds. The molecule has 3 N–H and O–H groups in total. The zero-order chi connectivity index (χ0) is 11.5. The number of nitrogens with zero attached hydrogens (tertiary/aromatic N) is 3. The number of aromatic nitrogens is 2. The van der Waals surface area contributed by atoms with Crippen molar-refractivity contribution in [1.29, 1.82) is 0 Å². The zero-order valence-electron chi connectivity index (χ0n) is 9.60. The van der Waals surface area contributed by atoms with Gasteiger partial charge >= 0.3 is 0 Å². The predicted octanol–water partition coefficient (Wildman–Crippen LogP) is 1.01. The quantitative estimate of drug-likeness (QED) is 0.606. The normalized spacial score (nSPS) is 19.8. The van der Waals surface area contributed by atoms with Gasteiger partial charge in [0, 0.05) is 24.4 Å². The van der Waals surface area contributed by atoms with Crippen molar-refractivity contribution in [2.75, 3.05) is 28.9 Å². The molecule has 1 atom stereocenters. The second-order valence-corrected chi connectivity index (χ2v) is 5.09. The Bertz CT molecular complexity index is 364. The number of hydrogen-bond donors (Lipinski definition) is 2. The molecule has 0 bridgehead atoms. The molecule has 1 saturated heterocycles. The van der Waals surface area contributed by atoms with E-state index in [0.717, 1.165) is 11.4 Å². The molecule has 88 valence electrons. The molecule has 16 heavy (non-hydrogen) atoms. The van der Waals surface area contributed by atoms with Crippen molar-refractivity contribution < 1.29 is 0 Å². The van der Waals surface area contributed by atoms with Gasteiger partial charge in [-0.15, -0.1) is 0 Å². The summed E-state index contributed by atoms with van der Waals surface area (Å²) in [5.41, 5.74) is 3.60. The Morgan fingerprint density at radius 3 is 3.00 bits per heavy atom. The molecule has 1 aromatic heterocycles. The molecule has 0 saturated carbocycles. The van der Waals surface area contributed by atoms with E-state index in [2.05, 4.69) is 27.3 Å². The van der Waals surface area contributed by atoms with Crippen LogP contribution in [-0.2, 0) is 0 Å². The first-order chi connectivity index (χ1) is 7.74. The van der Waals surface area contributed by atoms with E-state index in [1.165, 1.54) is 17.9 Å². The zero-order valence-corrected chi connectivity index (χ0v) is 10.4. The second-order valence-electron chi connectivity index (χ2n) is 3.94. The monoisotopic (exact) mass is 239 g/mol. The van der Waals surface area contributed by atoms with Crippen LogP contribution >= 0.6 is 11.8 Å². The number of anilines is 2. The highest BCUT2D eigenvalue weighted by molar-refractivity contribution is 7.99. The third-order valence-electron chi connectivity index (χ3n) is 2.98. The van der Waals surface area contributed by atoms with Crippen molar-refractivity contribution in [3.63, 3.8) is 0 Å². The summed E-state index contributed by atoms with van der Waals surface area (Å²) < 4.78 is 0. The van der Waals surface area contributed by atoms with E-state index in [1.54, 1.807) is 6.33 Å². The highest BCUT2D eigenvalue weighted by Crippen LogP contribution is 2.28. The average molecular weight is 239 g/mol. The summed E-state index contributed by atoms with van der Waals surface area (Å²) in [6, 6.07) is 0.573. The first-order valence-electron chi connectivity index (χ1n) is 5.33. The van der Waals surface area contributed by atoms with Gasteiger partial charge in [-0.25, -0.2) is 15.8 Å². The van der Waals surface area contributed by atoms with Crippen LogP contribution in [0.2, 0.25) is 0 Å². The number of rotatable bonds is 3. The third kappa shape index (κ3) is 2.08. The van der Waals surface area contributed by atoms with E-state index in [4.69, 9.17) is 5.84 Å². The summed E-state index contributed by atoms with van der Waals surface area (Å²) in [6.07, 6.45) is 2.77. The van der Waals surface area contributed by atoms with Crippen molar-refractivity contribution in [3.8, 4) is 0 Å². The Morgan fingerprint density at radius 2 is 2.38 bits per heavy atom. The second kappa shape index (κ2) is 4.88. The number of nitrogen functional groups attached to an aromatic ring is 1. The summed E-state index contributed by atoms with van der Waals surface area (Å²) in [6.45, 7) is 1.99. The fourth-order valence-electron chi connectivity index (χ4n) is 1.94. The molecule has 2 rings (SSSR count). The SMILES string of the molecule is Cc1c(NN)ncnc1N(C)C1CCSC1. The lowest BCUT2D eigenvalue weighted by Crippen LogP contribution is -2.32. The van der Waals surface area contributed by atoms with E-state index in [0.29, 0.717) is 11.9 Å². The highest BCUT2D eigenvalue weighted by Gasteiger charge is 2.22. The number of nitrogens with two attached hydrogens (primary N) is 1. The van der Waals surface area contributed by atoms with Crippen molar-refractivity contribution in [1.82, 2.24) is 9.97 Å². The lowest BCUT2D eigenvalue weighted by Gasteiger charge is -2.26. The molecular weight excluding hydrogens is 222 g/mol. The molecule has 0 spiro atoms. The Labute approximate surface area is 99.8 Å². The average Bonchev–Trinajstić information content (AvgIpc) is 2.82. The maximum Gasteiger partial charge on any atom is 0.148 e. The summed E-state index contributed by atoms with van der Waals surface area (Å²) in [5.74, 6) is 9.48. The molecule has 0 radical (unpaired) electrons. The van der Waals surface area contributed by atoms with Crippen LogP contribution in [0.4, 0.5) is 11.6 Å². The predicted molar refractivity (Wildman–Crippen MR) is 68.7 cm³/mol. The summed E-state index contributed by atoms with van der Waals surface area (Å²) in [4.78, 5) is 10.7. The first kappa shape index (κ1) is 11.5. The van der Waals surface area contributed by atoms with Gasteiger partial charge in [0.05, 0.1) is 0 Å². The lowest BCUT2D eigenvalue weighted by molar-refractivity contribution is 0.688. The van der Waals surface area contributed by atoms with Crippen LogP contribution in [0, 0.1) is 6.92 Å². The highest BCUT2D eigenvalue weighted by atomic mass is 32.2. The Kier molecular flexibility index (Phi) is 3.50. The third-order valence-corrected chi connectivity index (χ3v) is 4.13. The van der Waals surface area contributed by atoms with Gasteiger partial charge in [-0.3, -0.25) is 0 Å². The van der Waals surface area contributed by atoms with Gasteiger partial charge in [0.15, 0.2) is 0 Å². The molecule has 1 fully saturated rings. The van der Waals surface area contributed by atoms with Crippen molar-refractivity contribution in [2.45, 2.75) is 19.4 Å². The molecule has 1 unspecified atom stereocenters. The van der Waals surface area contributed by atoms with E-state index >= 15 is 0 Å². The Morgan fingerprint density at radius 1 is 1.56 bits per heavy atom. The number of hydrogen-bond acceptors (Lipinski definition) is 6. The van der Waals surface area contributed by atoms with Crippen LogP contribution < -0.4 is 16.2 Å².